The second kappa shape index (κ2) is 13.8. The van der Waals surface area contributed by atoms with Gasteiger partial charge in [-0.25, -0.2) is 0 Å². The number of halogens is 2. The fourth-order valence-electron chi connectivity index (χ4n) is 11.1. The van der Waals surface area contributed by atoms with E-state index < -0.39 is 12.6 Å². The maximum atomic E-state index is 9.21. The van der Waals surface area contributed by atoms with Gasteiger partial charge in [-0.05, 0) is 0 Å². The standard InChI is InChI=1S/2C20H21.C10H21O.CH3.2ClH.H3Si.Zr/c2*1-14-12-16-6-5-7-18(19(16)13-14)15-8-10-17(11-9-15)20(2,3)4;1-5-6-7-8-9-11-10(2,3)4;;;;;/h2*5-13H,1-4H3;1,5-9H2,2-4H3;1H3;2*1H;1H3;/q;;;;;;;+2/p-2. The number of benzene rings is 4. The SMILES string of the molecule is CC1=Cc2c(-c3ccc(C(C)(C)C)cc3)cccc2[CH]1[Zr]([CH3])([SiH3])([Cl])([Cl])([CH2]CCCCCOC(C)(C)C)[CH]1C(C)=Cc2c(-c3ccc(C(C)(C)C)cc3)cccc21. The van der Waals surface area contributed by atoms with Gasteiger partial charge in [0.05, 0.1) is 0 Å². The average Bonchev–Trinajstić information content (AvgIpc) is 3.64. The Hall–Kier alpha value is -2.00. The normalized spacial score (nSPS) is 19.4. The molecule has 0 N–H and O–H groups in total. The number of allylic oxidation sites excluding steroid dienone is 2. The molecule has 2 aliphatic carbocycles. The molecule has 0 saturated carbocycles. The van der Waals surface area contributed by atoms with Crippen molar-refractivity contribution in [2.45, 2.75) is 134 Å². The van der Waals surface area contributed by atoms with Crippen molar-refractivity contribution in [1.82, 2.24) is 0 Å². The number of hydrogen-bond donors (Lipinski definition) is 0. The Morgan fingerprint density at radius 3 is 1.34 bits per heavy atom. The summed E-state index contributed by atoms with van der Waals surface area (Å²) in [6.07, 6.45) is 9.13. The van der Waals surface area contributed by atoms with Crippen LogP contribution in [-0.4, -0.2) is 19.6 Å². The maximum absolute atomic E-state index is 9.21. The van der Waals surface area contributed by atoms with Crippen LogP contribution in [0.4, 0.5) is 0 Å². The summed E-state index contributed by atoms with van der Waals surface area (Å²) in [7, 11) is 19.1. The van der Waals surface area contributed by atoms with Crippen LogP contribution in [0, 0.1) is 0 Å². The molecule has 0 heterocycles. The molecule has 0 spiro atoms. The summed E-state index contributed by atoms with van der Waals surface area (Å²) in [6, 6.07) is 32.2. The summed E-state index contributed by atoms with van der Waals surface area (Å²) < 4.78 is 9.35. The number of ether oxygens (including phenoxy) is 1. The first-order valence-corrected chi connectivity index (χ1v) is 43.0. The molecule has 0 aliphatic heterocycles. The van der Waals surface area contributed by atoms with E-state index in [1.165, 1.54) is 66.8 Å². The zero-order valence-electron chi connectivity index (χ0n) is 36.8. The molecule has 0 fully saturated rings. The van der Waals surface area contributed by atoms with Gasteiger partial charge in [0.1, 0.15) is 0 Å². The van der Waals surface area contributed by atoms with Gasteiger partial charge in [-0.2, -0.15) is 0 Å². The topological polar surface area (TPSA) is 9.23 Å². The molecule has 0 bridgehead atoms. The van der Waals surface area contributed by atoms with E-state index in [4.69, 9.17) is 4.74 Å². The van der Waals surface area contributed by atoms with E-state index >= 15 is 0 Å². The number of hydrogen-bond acceptors (Lipinski definition) is 1. The Kier molecular flexibility index (Phi) is 10.7. The molecule has 0 amide bonds. The molecule has 301 valence electrons. The van der Waals surface area contributed by atoms with Gasteiger partial charge < -0.3 is 0 Å². The molecule has 5 heteroatoms. The quantitative estimate of drug-likeness (QED) is 0.108. The Labute approximate surface area is 343 Å². The van der Waals surface area contributed by atoms with Crippen LogP contribution in [-0.2, 0) is 28.2 Å². The first kappa shape index (κ1) is 43.6. The van der Waals surface area contributed by atoms with Gasteiger partial charge >= 0.3 is 346 Å². The fourth-order valence-corrected chi connectivity index (χ4v) is 53.8. The van der Waals surface area contributed by atoms with Gasteiger partial charge in [-0.1, -0.05) is 0 Å². The van der Waals surface area contributed by atoms with Crippen LogP contribution in [0.25, 0.3) is 34.4 Å². The molecule has 2 unspecified atom stereocenters. The second-order valence-corrected chi connectivity index (χ2v) is 99.5. The van der Waals surface area contributed by atoms with Gasteiger partial charge in [0.2, 0.25) is 0 Å². The zero-order chi connectivity index (χ0) is 41.2. The minimum atomic E-state index is -6.07. The van der Waals surface area contributed by atoms with Crippen molar-refractivity contribution in [3.8, 4) is 22.3 Å². The van der Waals surface area contributed by atoms with Gasteiger partial charge in [0, 0.05) is 0 Å². The van der Waals surface area contributed by atoms with Crippen molar-refractivity contribution >= 4 is 36.5 Å². The summed E-state index contributed by atoms with van der Waals surface area (Å²) in [6.45, 7) is 25.5. The van der Waals surface area contributed by atoms with Crippen LogP contribution in [0.2, 0.25) is 8.76 Å². The van der Waals surface area contributed by atoms with E-state index in [-0.39, 0.29) is 23.7 Å². The first-order chi connectivity index (χ1) is 25.7. The van der Waals surface area contributed by atoms with E-state index in [1.54, 1.807) is 0 Å². The Morgan fingerprint density at radius 1 is 0.571 bits per heavy atom. The molecule has 0 aromatic heterocycles. The van der Waals surface area contributed by atoms with E-state index in [9.17, 15) is 17.0 Å². The second-order valence-electron chi connectivity index (χ2n) is 22.5. The van der Waals surface area contributed by atoms with Crippen molar-refractivity contribution in [3.63, 3.8) is 0 Å². The number of rotatable bonds is 11. The summed E-state index contributed by atoms with van der Waals surface area (Å²) >= 11 is -6.07. The summed E-state index contributed by atoms with van der Waals surface area (Å²) in [5, 5.41) is 0. The Bertz CT molecular complexity index is 2070. The molecule has 0 saturated heterocycles. The van der Waals surface area contributed by atoms with Crippen molar-refractivity contribution in [3.05, 3.63) is 129 Å². The van der Waals surface area contributed by atoms with Crippen LogP contribution in [0.3, 0.4) is 0 Å². The zero-order valence-corrected chi connectivity index (χ0v) is 42.8. The van der Waals surface area contributed by atoms with Crippen LogP contribution in [0.1, 0.15) is 142 Å². The predicted octanol–water partition coefficient (Wildman–Crippen LogP) is 15.4. The molecule has 2 atom stereocenters. The molecule has 6 rings (SSSR count). The van der Waals surface area contributed by atoms with Crippen LogP contribution in [0.15, 0.2) is 96.1 Å². The van der Waals surface area contributed by atoms with Gasteiger partial charge in [-0.3, -0.25) is 0 Å². The van der Waals surface area contributed by atoms with E-state index in [0.717, 1.165) is 36.4 Å². The summed E-state index contributed by atoms with van der Waals surface area (Å²) in [5.41, 5.74) is 15.6. The van der Waals surface area contributed by atoms with E-state index in [1.807, 2.05) is 0 Å². The van der Waals surface area contributed by atoms with Gasteiger partial charge in [0.15, 0.2) is 0 Å². The van der Waals surface area contributed by atoms with E-state index in [2.05, 4.69) is 178 Å². The van der Waals surface area contributed by atoms with Crippen molar-refractivity contribution in [2.75, 3.05) is 6.61 Å². The number of unbranched alkanes of at least 4 members (excludes halogenated alkanes) is 3. The van der Waals surface area contributed by atoms with Gasteiger partial charge in [0.25, 0.3) is 0 Å². The molecule has 0 radical (unpaired) electrons. The minimum absolute atomic E-state index is 0.0382. The third kappa shape index (κ3) is 8.13. The average molecular weight is 888 g/mol. The van der Waals surface area contributed by atoms with Crippen molar-refractivity contribution < 1.29 is 17.3 Å². The molecular weight excluding hydrogens is 819 g/mol. The number of fused-ring (bicyclic) bond motifs is 2. The molecule has 4 aromatic rings. The molecule has 2 aliphatic rings. The van der Waals surface area contributed by atoms with Crippen LogP contribution >= 0.6 is 17.0 Å². The van der Waals surface area contributed by atoms with E-state index in [0.29, 0.717) is 7.37 Å². The molecule has 56 heavy (non-hydrogen) atoms. The summed E-state index contributed by atoms with van der Waals surface area (Å²) in [5.74, 6) is 0. The van der Waals surface area contributed by atoms with Crippen LogP contribution in [0.5, 0.6) is 0 Å². The van der Waals surface area contributed by atoms with Gasteiger partial charge in [-0.15, -0.1) is 0 Å². The van der Waals surface area contributed by atoms with Crippen molar-refractivity contribution in [1.29, 1.82) is 0 Å². The monoisotopic (exact) mass is 885 g/mol. The molecule has 1 nitrogen and oxygen atoms in total. The fraction of sp³-hybridized carbons (Fsp3) is 0.451. The third-order valence-corrected chi connectivity index (χ3v) is 51.7. The first-order valence-electron chi connectivity index (χ1n) is 21.2. The Balaban J connectivity index is 1.49. The van der Waals surface area contributed by atoms with Crippen molar-refractivity contribution in [2.24, 2.45) is 0 Å². The molecule has 4 aromatic carbocycles. The third-order valence-electron chi connectivity index (χ3n) is 13.6. The molecular formula is C51H69Cl2OSiZr. The Morgan fingerprint density at radius 2 is 0.964 bits per heavy atom. The van der Waals surface area contributed by atoms with Crippen LogP contribution < -0.4 is 0 Å². The summed E-state index contributed by atoms with van der Waals surface area (Å²) in [4.78, 5) is 0. The predicted molar refractivity (Wildman–Crippen MR) is 250 cm³/mol.